The Morgan fingerprint density at radius 2 is 1.88 bits per heavy atom. The Morgan fingerprint density at radius 1 is 1.04 bits per heavy atom. The number of hydrogen-bond acceptors (Lipinski definition) is 5. The molecule has 5 nitrogen and oxygen atoms in total. The minimum atomic E-state index is 0.473. The van der Waals surface area contributed by atoms with Gasteiger partial charge in [0.15, 0.2) is 5.76 Å². The van der Waals surface area contributed by atoms with E-state index < -0.39 is 0 Å². The highest BCUT2D eigenvalue weighted by atomic mass is 35.5. The summed E-state index contributed by atoms with van der Waals surface area (Å²) in [6.07, 6.45) is 0. The molecule has 5 aromatic rings. The number of furan rings is 1. The second-order valence-corrected chi connectivity index (χ2v) is 7.52. The summed E-state index contributed by atoms with van der Waals surface area (Å²) in [6, 6.07) is 13.3. The molecule has 0 aliphatic heterocycles. The minimum Gasteiger partial charge on any atom is -0.452 e. The fraction of sp³-hybridized carbons (Fsp3) is 0.0556. The van der Waals surface area contributed by atoms with Crippen LogP contribution in [0.4, 0.5) is 0 Å². The lowest BCUT2D eigenvalue weighted by molar-refractivity contribution is 0.619. The number of para-hydroxylation sites is 1. The van der Waals surface area contributed by atoms with Gasteiger partial charge in [-0.15, -0.1) is 10.2 Å². The SMILES string of the molecule is Cc1c(-c2nnc3sc(-c4cccc(Cl)c4Cl)nn23)oc2ccccc12. The molecule has 3 aromatic heterocycles. The maximum atomic E-state index is 6.33. The van der Waals surface area contributed by atoms with Crippen molar-refractivity contribution >= 4 is 50.5 Å². The molecule has 0 fully saturated rings. The monoisotopic (exact) mass is 400 g/mol. The van der Waals surface area contributed by atoms with Gasteiger partial charge in [0.25, 0.3) is 0 Å². The highest BCUT2D eigenvalue weighted by Crippen LogP contribution is 2.37. The molecule has 0 amide bonds. The zero-order valence-electron chi connectivity index (χ0n) is 13.4. The maximum Gasteiger partial charge on any atom is 0.235 e. The third-order valence-corrected chi connectivity index (χ3v) is 5.97. The van der Waals surface area contributed by atoms with Gasteiger partial charge < -0.3 is 4.42 Å². The summed E-state index contributed by atoms with van der Waals surface area (Å²) >= 11 is 13.8. The molecule has 0 bridgehead atoms. The van der Waals surface area contributed by atoms with Crippen LogP contribution in [0.1, 0.15) is 5.56 Å². The van der Waals surface area contributed by atoms with E-state index in [-0.39, 0.29) is 0 Å². The van der Waals surface area contributed by atoms with E-state index in [9.17, 15) is 0 Å². The van der Waals surface area contributed by atoms with Crippen LogP contribution in [0.5, 0.6) is 0 Å². The number of nitrogens with zero attached hydrogens (tertiary/aromatic N) is 4. The van der Waals surface area contributed by atoms with E-state index >= 15 is 0 Å². The lowest BCUT2D eigenvalue weighted by Crippen LogP contribution is -1.91. The first kappa shape index (κ1) is 15.8. The van der Waals surface area contributed by atoms with Crippen LogP contribution in [-0.4, -0.2) is 19.8 Å². The van der Waals surface area contributed by atoms with Crippen LogP contribution >= 0.6 is 34.5 Å². The van der Waals surface area contributed by atoms with Gasteiger partial charge in [-0.2, -0.15) is 9.61 Å². The first-order chi connectivity index (χ1) is 12.6. The van der Waals surface area contributed by atoms with Gasteiger partial charge in [0.2, 0.25) is 10.8 Å². The molecule has 0 saturated carbocycles. The van der Waals surface area contributed by atoms with Gasteiger partial charge in [-0.25, -0.2) is 0 Å². The predicted molar refractivity (Wildman–Crippen MR) is 104 cm³/mol. The van der Waals surface area contributed by atoms with Crippen LogP contribution in [0.15, 0.2) is 46.9 Å². The Bertz CT molecular complexity index is 1290. The smallest absolute Gasteiger partial charge is 0.235 e. The summed E-state index contributed by atoms with van der Waals surface area (Å²) in [5.41, 5.74) is 2.58. The van der Waals surface area contributed by atoms with Crippen molar-refractivity contribution in [2.24, 2.45) is 0 Å². The summed E-state index contributed by atoms with van der Waals surface area (Å²) in [7, 11) is 0. The van der Waals surface area contributed by atoms with Crippen molar-refractivity contribution < 1.29 is 4.42 Å². The molecule has 0 aliphatic rings. The van der Waals surface area contributed by atoms with Crippen molar-refractivity contribution in [2.45, 2.75) is 6.92 Å². The lowest BCUT2D eigenvalue weighted by Gasteiger charge is -2.01. The van der Waals surface area contributed by atoms with Gasteiger partial charge in [-0.3, -0.25) is 0 Å². The van der Waals surface area contributed by atoms with Crippen molar-refractivity contribution in [1.29, 1.82) is 0 Å². The number of benzene rings is 2. The molecular formula is C18H10Cl2N4OS. The van der Waals surface area contributed by atoms with Gasteiger partial charge in [0, 0.05) is 16.5 Å². The third-order valence-electron chi connectivity index (χ3n) is 4.22. The maximum absolute atomic E-state index is 6.33. The summed E-state index contributed by atoms with van der Waals surface area (Å²) in [5, 5.41) is 15.9. The average Bonchev–Trinajstić information content (AvgIpc) is 3.31. The highest BCUT2D eigenvalue weighted by molar-refractivity contribution is 7.19. The summed E-state index contributed by atoms with van der Waals surface area (Å²) < 4.78 is 7.69. The Kier molecular flexibility index (Phi) is 3.53. The molecule has 0 atom stereocenters. The molecule has 0 unspecified atom stereocenters. The molecule has 5 rings (SSSR count). The summed E-state index contributed by atoms with van der Waals surface area (Å²) in [5.74, 6) is 1.22. The largest absolute Gasteiger partial charge is 0.452 e. The first-order valence-electron chi connectivity index (χ1n) is 7.78. The van der Waals surface area contributed by atoms with E-state index in [1.807, 2.05) is 43.3 Å². The quantitative estimate of drug-likeness (QED) is 0.371. The molecule has 2 aromatic carbocycles. The number of halogens is 2. The normalized spacial score (nSPS) is 11.7. The fourth-order valence-electron chi connectivity index (χ4n) is 2.92. The molecule has 0 spiro atoms. The van der Waals surface area contributed by atoms with Crippen molar-refractivity contribution in [1.82, 2.24) is 19.8 Å². The third kappa shape index (κ3) is 2.26. The zero-order valence-corrected chi connectivity index (χ0v) is 15.7. The van der Waals surface area contributed by atoms with Crippen LogP contribution in [0.25, 0.3) is 38.1 Å². The molecule has 128 valence electrons. The van der Waals surface area contributed by atoms with Gasteiger partial charge >= 0.3 is 0 Å². The van der Waals surface area contributed by atoms with Gasteiger partial charge in [0.05, 0.1) is 10.0 Å². The second kappa shape index (κ2) is 5.81. The zero-order chi connectivity index (χ0) is 17.8. The topological polar surface area (TPSA) is 56.2 Å². The predicted octanol–water partition coefficient (Wildman–Crippen LogP) is 5.88. The van der Waals surface area contributed by atoms with Gasteiger partial charge in [-0.05, 0) is 19.1 Å². The van der Waals surface area contributed by atoms with Gasteiger partial charge in [0.1, 0.15) is 10.6 Å². The first-order valence-corrected chi connectivity index (χ1v) is 9.36. The van der Waals surface area contributed by atoms with Crippen LogP contribution in [-0.2, 0) is 0 Å². The lowest BCUT2D eigenvalue weighted by atomic mass is 10.1. The fourth-order valence-corrected chi connectivity index (χ4v) is 4.24. The van der Waals surface area contributed by atoms with E-state index in [0.29, 0.717) is 26.6 Å². The Balaban J connectivity index is 1.71. The van der Waals surface area contributed by atoms with E-state index in [1.54, 1.807) is 10.6 Å². The second-order valence-electron chi connectivity index (χ2n) is 5.78. The molecule has 0 N–H and O–H groups in total. The van der Waals surface area contributed by atoms with E-state index in [1.165, 1.54) is 11.3 Å². The standard InChI is InChI=1S/C18H10Cl2N4OS/c1-9-10-5-2-3-8-13(10)25-15(9)16-21-22-18-24(16)23-17(26-18)11-6-4-7-12(19)14(11)20/h2-8H,1H3. The molecule has 26 heavy (non-hydrogen) atoms. The van der Waals surface area contributed by atoms with Crippen LogP contribution < -0.4 is 0 Å². The van der Waals surface area contributed by atoms with E-state index in [2.05, 4.69) is 15.3 Å². The summed E-state index contributed by atoms with van der Waals surface area (Å²) in [6.45, 7) is 2.00. The summed E-state index contributed by atoms with van der Waals surface area (Å²) in [4.78, 5) is 0.658. The Hall–Kier alpha value is -2.41. The molecular weight excluding hydrogens is 391 g/mol. The van der Waals surface area contributed by atoms with Crippen molar-refractivity contribution in [3.63, 3.8) is 0 Å². The van der Waals surface area contributed by atoms with Crippen LogP contribution in [0, 0.1) is 6.92 Å². The van der Waals surface area contributed by atoms with Crippen molar-refractivity contribution in [3.05, 3.63) is 58.1 Å². The number of aromatic nitrogens is 4. The molecule has 3 heterocycles. The Labute approximate surface area is 161 Å². The van der Waals surface area contributed by atoms with Crippen LogP contribution in [0.3, 0.4) is 0 Å². The molecule has 0 aliphatic carbocycles. The number of rotatable bonds is 2. The molecule has 8 heteroatoms. The number of aryl methyl sites for hydroxylation is 1. The van der Waals surface area contributed by atoms with E-state index in [4.69, 9.17) is 27.6 Å². The van der Waals surface area contributed by atoms with Crippen LogP contribution in [0.2, 0.25) is 10.0 Å². The number of hydrogen-bond donors (Lipinski definition) is 0. The highest BCUT2D eigenvalue weighted by Gasteiger charge is 2.21. The number of fused-ring (bicyclic) bond motifs is 2. The molecule has 0 radical (unpaired) electrons. The molecule has 0 saturated heterocycles. The van der Waals surface area contributed by atoms with E-state index in [0.717, 1.165) is 27.1 Å². The van der Waals surface area contributed by atoms with Gasteiger partial charge in [-0.1, -0.05) is 64.9 Å². The minimum absolute atomic E-state index is 0.473. The van der Waals surface area contributed by atoms with Crippen molar-refractivity contribution in [3.8, 4) is 22.2 Å². The Morgan fingerprint density at radius 3 is 2.73 bits per heavy atom. The average molecular weight is 401 g/mol. The van der Waals surface area contributed by atoms with Crippen molar-refractivity contribution in [2.75, 3.05) is 0 Å².